The molecule has 6 rings (SSSR count). The van der Waals surface area contributed by atoms with E-state index in [4.69, 9.17) is 9.72 Å². The maximum Gasteiger partial charge on any atom is 0.407 e. The molecule has 2 saturated heterocycles. The van der Waals surface area contributed by atoms with Crippen LogP contribution in [0.3, 0.4) is 0 Å². The lowest BCUT2D eigenvalue weighted by molar-refractivity contribution is -0.139. The molecular formula is C40H46N8O9. The van der Waals surface area contributed by atoms with Crippen molar-refractivity contribution in [3.63, 3.8) is 0 Å². The SMILES string of the molecule is COC(=O)NC(CCC(=O)O)CN1CCCC1c1ncc(-c2ccc(C#Cc3ccc4nc(C5CCCN5C(=O)C(CCC(=O)O)NC(=O)OC)[nH]c4c3)cc2)[nH]1. The number of carboxylic acids is 2. The van der Waals surface area contributed by atoms with E-state index in [1.54, 1.807) is 11.1 Å². The normalized spacial score (nSPS) is 17.7. The van der Waals surface area contributed by atoms with Crippen molar-refractivity contribution in [3.8, 4) is 23.1 Å². The molecule has 0 aliphatic carbocycles. The molecule has 57 heavy (non-hydrogen) atoms. The zero-order valence-electron chi connectivity index (χ0n) is 31.7. The zero-order chi connectivity index (χ0) is 40.5. The number of likely N-dealkylation sites (tertiary alicyclic amines) is 2. The number of H-pyrrole nitrogens is 2. The van der Waals surface area contributed by atoms with Crippen LogP contribution in [0.25, 0.3) is 22.3 Å². The number of aromatic amines is 2. The Kier molecular flexibility index (Phi) is 13.1. The molecule has 0 radical (unpaired) electrons. The molecule has 4 heterocycles. The lowest BCUT2D eigenvalue weighted by Crippen LogP contribution is -2.48. The van der Waals surface area contributed by atoms with Crippen LogP contribution in [0.1, 0.15) is 86.2 Å². The van der Waals surface area contributed by atoms with E-state index < -0.39 is 30.2 Å². The zero-order valence-corrected chi connectivity index (χ0v) is 31.7. The van der Waals surface area contributed by atoms with Crippen molar-refractivity contribution in [1.29, 1.82) is 0 Å². The van der Waals surface area contributed by atoms with Crippen LogP contribution in [0.5, 0.6) is 0 Å². The van der Waals surface area contributed by atoms with Gasteiger partial charge in [-0.2, -0.15) is 0 Å². The Morgan fingerprint density at radius 1 is 0.842 bits per heavy atom. The van der Waals surface area contributed by atoms with Crippen molar-refractivity contribution in [2.75, 3.05) is 33.9 Å². The Labute approximate surface area is 328 Å². The highest BCUT2D eigenvalue weighted by Crippen LogP contribution is 2.34. The van der Waals surface area contributed by atoms with Crippen molar-refractivity contribution in [2.45, 2.75) is 75.5 Å². The van der Waals surface area contributed by atoms with Gasteiger partial charge >= 0.3 is 24.1 Å². The van der Waals surface area contributed by atoms with Gasteiger partial charge in [-0.05, 0) is 81.0 Å². The Bertz CT molecular complexity index is 2150. The molecule has 0 saturated carbocycles. The van der Waals surface area contributed by atoms with E-state index in [1.807, 2.05) is 42.5 Å². The van der Waals surface area contributed by atoms with Crippen LogP contribution in [-0.4, -0.2) is 116 Å². The second kappa shape index (κ2) is 18.5. The molecule has 4 unspecified atom stereocenters. The van der Waals surface area contributed by atoms with Crippen molar-refractivity contribution >= 4 is 41.1 Å². The van der Waals surface area contributed by atoms with Crippen molar-refractivity contribution in [1.82, 2.24) is 40.4 Å². The minimum atomic E-state index is -1.07. The van der Waals surface area contributed by atoms with Gasteiger partial charge in [-0.15, -0.1) is 0 Å². The third kappa shape index (κ3) is 10.3. The van der Waals surface area contributed by atoms with E-state index in [0.717, 1.165) is 59.5 Å². The molecule has 2 aromatic carbocycles. The smallest absolute Gasteiger partial charge is 0.407 e. The summed E-state index contributed by atoms with van der Waals surface area (Å²) in [6.07, 6.45) is 3.47. The standard InChI is InChI=1S/C40H46N8O9/c1-56-39(54)42-27(14-17-34(49)50)23-47-19-3-5-32(47)36-41-22-31(45-36)26-12-9-24(10-13-26)7-8-25-11-15-28-30(21-25)44-37(43-28)33-6-4-20-48(33)38(53)29(16-18-35(51)52)46-40(55)57-2/h9-13,15,21-22,27,29,32-33H,3-6,14,16-20,23H2,1-2H3,(H,41,45)(H,42,54)(H,43,44)(H,46,55)(H,49,50)(H,51,52). The Balaban J connectivity index is 1.10. The number of carbonyl (C=O) groups is 5. The number of alkyl carbamates (subject to hydrolysis) is 2. The number of rotatable bonds is 14. The average molecular weight is 783 g/mol. The number of carbonyl (C=O) groups excluding carboxylic acids is 3. The molecule has 2 aromatic heterocycles. The van der Waals surface area contributed by atoms with E-state index in [1.165, 1.54) is 14.2 Å². The first-order valence-electron chi connectivity index (χ1n) is 18.9. The molecule has 17 heteroatoms. The molecule has 3 amide bonds. The predicted molar refractivity (Wildman–Crippen MR) is 206 cm³/mol. The molecule has 17 nitrogen and oxygen atoms in total. The first-order valence-corrected chi connectivity index (χ1v) is 18.9. The molecule has 2 fully saturated rings. The maximum absolute atomic E-state index is 13.5. The fraction of sp³-hybridized carbons (Fsp3) is 0.425. The summed E-state index contributed by atoms with van der Waals surface area (Å²) in [6.45, 7) is 1.71. The second-order valence-electron chi connectivity index (χ2n) is 14.1. The van der Waals surface area contributed by atoms with Gasteiger partial charge in [0.05, 0.1) is 49.2 Å². The van der Waals surface area contributed by atoms with Crippen LogP contribution in [0, 0.1) is 11.8 Å². The number of carboxylic acid groups (broad SMARTS) is 2. The summed E-state index contributed by atoms with van der Waals surface area (Å²) >= 11 is 0. The summed E-state index contributed by atoms with van der Waals surface area (Å²) in [5.41, 5.74) is 4.84. The van der Waals surface area contributed by atoms with Crippen LogP contribution < -0.4 is 10.6 Å². The number of benzene rings is 2. The van der Waals surface area contributed by atoms with Crippen LogP contribution >= 0.6 is 0 Å². The number of nitrogens with zero attached hydrogens (tertiary/aromatic N) is 4. The number of nitrogens with one attached hydrogen (secondary N) is 4. The highest BCUT2D eigenvalue weighted by atomic mass is 16.5. The van der Waals surface area contributed by atoms with Gasteiger partial charge < -0.3 is 45.2 Å². The van der Waals surface area contributed by atoms with Crippen molar-refractivity contribution < 1.29 is 43.7 Å². The lowest BCUT2D eigenvalue weighted by Gasteiger charge is -2.28. The average Bonchev–Trinajstić information content (AvgIpc) is 4.04. The van der Waals surface area contributed by atoms with Gasteiger partial charge in [0.15, 0.2) is 0 Å². The molecule has 4 aromatic rings. The molecule has 0 bridgehead atoms. The highest BCUT2D eigenvalue weighted by Gasteiger charge is 2.37. The van der Waals surface area contributed by atoms with E-state index in [-0.39, 0.29) is 49.7 Å². The number of fused-ring (bicyclic) bond motifs is 1. The Hall–Kier alpha value is -6.41. The summed E-state index contributed by atoms with van der Waals surface area (Å²) in [5, 5.41) is 23.6. The highest BCUT2D eigenvalue weighted by molar-refractivity contribution is 5.87. The molecule has 4 atom stereocenters. The minimum Gasteiger partial charge on any atom is -0.481 e. The van der Waals surface area contributed by atoms with Gasteiger partial charge in [0.25, 0.3) is 0 Å². The first kappa shape index (κ1) is 40.3. The van der Waals surface area contributed by atoms with E-state index in [9.17, 15) is 34.2 Å². The largest absolute Gasteiger partial charge is 0.481 e. The van der Waals surface area contributed by atoms with E-state index >= 15 is 0 Å². The van der Waals surface area contributed by atoms with Crippen LogP contribution in [-0.2, 0) is 23.9 Å². The van der Waals surface area contributed by atoms with Gasteiger partial charge in [0.1, 0.15) is 17.7 Å². The van der Waals surface area contributed by atoms with Gasteiger partial charge in [0.2, 0.25) is 5.91 Å². The summed E-state index contributed by atoms with van der Waals surface area (Å²) < 4.78 is 9.41. The van der Waals surface area contributed by atoms with Crippen LogP contribution in [0.4, 0.5) is 9.59 Å². The molecule has 0 spiro atoms. The third-order valence-electron chi connectivity index (χ3n) is 10.3. The third-order valence-corrected chi connectivity index (χ3v) is 10.3. The number of amides is 3. The van der Waals surface area contributed by atoms with Crippen molar-refractivity contribution in [3.05, 3.63) is 71.4 Å². The number of ether oxygens (including phenoxy) is 2. The number of aromatic nitrogens is 4. The molecular weight excluding hydrogens is 736 g/mol. The molecule has 6 N–H and O–H groups in total. The summed E-state index contributed by atoms with van der Waals surface area (Å²) in [5.74, 6) is 5.46. The number of hydrogen-bond donors (Lipinski definition) is 6. The number of imidazole rings is 2. The quantitative estimate of drug-likeness (QED) is 0.0982. The topological polar surface area (TPSA) is 232 Å². The van der Waals surface area contributed by atoms with Crippen LogP contribution in [0.15, 0.2) is 48.7 Å². The number of aliphatic carboxylic acids is 2. The van der Waals surface area contributed by atoms with Gasteiger partial charge in [-0.1, -0.05) is 24.0 Å². The second-order valence-corrected chi connectivity index (χ2v) is 14.1. The number of methoxy groups -OCH3 is 2. The first-order chi connectivity index (χ1) is 27.5. The summed E-state index contributed by atoms with van der Waals surface area (Å²) in [4.78, 5) is 79.9. The fourth-order valence-corrected chi connectivity index (χ4v) is 7.41. The fourth-order valence-electron chi connectivity index (χ4n) is 7.41. The Morgan fingerprint density at radius 3 is 2.25 bits per heavy atom. The van der Waals surface area contributed by atoms with Crippen molar-refractivity contribution in [2.24, 2.45) is 0 Å². The maximum atomic E-state index is 13.5. The molecule has 2 aliphatic rings. The lowest BCUT2D eigenvalue weighted by atomic mass is 10.1. The van der Waals surface area contributed by atoms with Crippen LogP contribution in [0.2, 0.25) is 0 Å². The van der Waals surface area contributed by atoms with E-state index in [0.29, 0.717) is 30.9 Å². The van der Waals surface area contributed by atoms with Gasteiger partial charge in [-0.25, -0.2) is 19.6 Å². The summed E-state index contributed by atoms with van der Waals surface area (Å²) in [7, 11) is 2.46. The monoisotopic (exact) mass is 782 g/mol. The predicted octanol–water partition coefficient (Wildman–Crippen LogP) is 4.33. The minimum absolute atomic E-state index is 0.00307. The van der Waals surface area contributed by atoms with Gasteiger partial charge in [-0.3, -0.25) is 19.3 Å². The van der Waals surface area contributed by atoms with Gasteiger partial charge in [0, 0.05) is 43.1 Å². The summed E-state index contributed by atoms with van der Waals surface area (Å²) in [6, 6.07) is 11.7. The number of hydrogen-bond acceptors (Lipinski definition) is 10. The Morgan fingerprint density at radius 2 is 1.51 bits per heavy atom. The molecule has 2 aliphatic heterocycles. The molecule has 300 valence electrons. The van der Waals surface area contributed by atoms with E-state index in [2.05, 4.69) is 47.1 Å².